The van der Waals surface area contributed by atoms with E-state index in [1.54, 1.807) is 43.3 Å². The second-order valence-corrected chi connectivity index (χ2v) is 7.68. The minimum atomic E-state index is -3.83. The molecule has 0 fully saturated rings. The van der Waals surface area contributed by atoms with Crippen molar-refractivity contribution in [3.05, 3.63) is 53.6 Å². The molecule has 28 heavy (non-hydrogen) atoms. The van der Waals surface area contributed by atoms with Crippen LogP contribution in [0.15, 0.2) is 47.4 Å². The van der Waals surface area contributed by atoms with Gasteiger partial charge in [-0.2, -0.15) is 0 Å². The van der Waals surface area contributed by atoms with Gasteiger partial charge in [0, 0.05) is 17.8 Å². The first-order valence-electron chi connectivity index (χ1n) is 8.57. The Morgan fingerprint density at radius 2 is 1.75 bits per heavy atom. The maximum absolute atomic E-state index is 12.8. The highest BCUT2D eigenvalue weighted by Gasteiger charge is 2.19. The van der Waals surface area contributed by atoms with Gasteiger partial charge in [0.1, 0.15) is 5.75 Å². The van der Waals surface area contributed by atoms with Gasteiger partial charge in [0.05, 0.1) is 12.0 Å². The largest absolute Gasteiger partial charge is 0.497 e. The summed E-state index contributed by atoms with van der Waals surface area (Å²) in [7, 11) is -0.448. The molecule has 154 valence electrons. The zero-order valence-corrected chi connectivity index (χ0v) is 17.7. The molecule has 0 bridgehead atoms. The molecule has 0 radical (unpaired) electrons. The van der Waals surface area contributed by atoms with Crippen molar-refractivity contribution in [2.45, 2.75) is 18.2 Å². The third-order valence-corrected chi connectivity index (χ3v) is 5.49. The van der Waals surface area contributed by atoms with Crippen molar-refractivity contribution < 1.29 is 17.9 Å². The number of rotatable bonds is 9. The summed E-state index contributed by atoms with van der Waals surface area (Å²) in [5.74, 6) is 0.332. The lowest BCUT2D eigenvalue weighted by Crippen LogP contribution is -2.27. The van der Waals surface area contributed by atoms with Crippen molar-refractivity contribution in [1.82, 2.24) is 10.6 Å². The molecule has 0 aromatic heterocycles. The molecule has 0 aliphatic carbocycles. The highest BCUT2D eigenvalue weighted by molar-refractivity contribution is 7.92. The second kappa shape index (κ2) is 10.9. The Labute approximate surface area is 172 Å². The van der Waals surface area contributed by atoms with Gasteiger partial charge in [-0.3, -0.25) is 9.52 Å². The van der Waals surface area contributed by atoms with E-state index in [0.29, 0.717) is 29.1 Å². The Morgan fingerprint density at radius 1 is 1.07 bits per heavy atom. The molecule has 0 heterocycles. The van der Waals surface area contributed by atoms with Crippen LogP contribution in [0.1, 0.15) is 22.3 Å². The number of benzene rings is 2. The van der Waals surface area contributed by atoms with Crippen molar-refractivity contribution in [1.29, 1.82) is 0 Å². The van der Waals surface area contributed by atoms with Crippen LogP contribution in [-0.2, 0) is 10.0 Å². The fraction of sp³-hybridized carbons (Fsp3) is 0.316. The summed E-state index contributed by atoms with van der Waals surface area (Å²) in [5.41, 5.74) is 1.28. The van der Waals surface area contributed by atoms with Crippen LogP contribution in [-0.4, -0.2) is 41.6 Å². The zero-order chi connectivity index (χ0) is 19.9. The van der Waals surface area contributed by atoms with Gasteiger partial charge in [-0.1, -0.05) is 6.07 Å². The molecule has 0 atom stereocenters. The number of hydrogen-bond acceptors (Lipinski definition) is 5. The molecule has 3 N–H and O–H groups in total. The van der Waals surface area contributed by atoms with Crippen molar-refractivity contribution in [3.63, 3.8) is 0 Å². The number of methoxy groups -OCH3 is 1. The molecule has 0 saturated carbocycles. The Bertz CT molecular complexity index is 887. The number of carbonyl (C=O) groups excluding carboxylic acids is 1. The lowest BCUT2D eigenvalue weighted by Gasteiger charge is -2.12. The summed E-state index contributed by atoms with van der Waals surface area (Å²) < 4.78 is 33.1. The van der Waals surface area contributed by atoms with Crippen LogP contribution in [0, 0.1) is 6.92 Å². The zero-order valence-electron chi connectivity index (χ0n) is 16.1. The third kappa shape index (κ3) is 6.40. The molecule has 9 heteroatoms. The first-order valence-corrected chi connectivity index (χ1v) is 10.1. The number of amides is 1. The second-order valence-electron chi connectivity index (χ2n) is 6.03. The van der Waals surface area contributed by atoms with Gasteiger partial charge in [-0.25, -0.2) is 8.42 Å². The van der Waals surface area contributed by atoms with E-state index < -0.39 is 10.0 Å². The van der Waals surface area contributed by atoms with E-state index in [4.69, 9.17) is 4.74 Å². The number of hydrogen-bond donors (Lipinski definition) is 3. The first kappa shape index (κ1) is 23.7. The van der Waals surface area contributed by atoms with Gasteiger partial charge < -0.3 is 15.4 Å². The van der Waals surface area contributed by atoms with Crippen molar-refractivity contribution in [2.24, 2.45) is 0 Å². The predicted molar refractivity (Wildman–Crippen MR) is 113 cm³/mol. The monoisotopic (exact) mass is 427 g/mol. The summed E-state index contributed by atoms with van der Waals surface area (Å²) in [6.07, 6.45) is 0.790. The molecule has 2 aromatic rings. The highest BCUT2D eigenvalue weighted by atomic mass is 35.5. The fourth-order valence-electron chi connectivity index (χ4n) is 2.47. The van der Waals surface area contributed by atoms with E-state index in [1.807, 2.05) is 7.05 Å². The molecule has 0 aliphatic rings. The Balaban J connectivity index is 0.00000392. The van der Waals surface area contributed by atoms with Crippen LogP contribution in [0.5, 0.6) is 5.75 Å². The standard InChI is InChI=1S/C19H25N3O4S.ClH/c1-14-5-6-15(19(23)21-12-4-11-20-2)13-18(14)27(24,25)22-16-7-9-17(26-3)10-8-16;/h5-10,13,20,22H,4,11-12H2,1-3H3,(H,21,23);1H. The minimum absolute atomic E-state index is 0. The van der Waals surface area contributed by atoms with Crippen LogP contribution in [0.2, 0.25) is 0 Å². The number of carbonyl (C=O) groups is 1. The van der Waals surface area contributed by atoms with Crippen molar-refractivity contribution in [2.75, 3.05) is 32.0 Å². The third-order valence-electron chi connectivity index (χ3n) is 3.97. The Hall–Kier alpha value is -2.29. The summed E-state index contributed by atoms with van der Waals surface area (Å²) in [6, 6.07) is 11.2. The predicted octanol–water partition coefficient (Wildman–Crippen LogP) is 2.57. The van der Waals surface area contributed by atoms with E-state index >= 15 is 0 Å². The Morgan fingerprint density at radius 3 is 2.36 bits per heavy atom. The summed E-state index contributed by atoms with van der Waals surface area (Å²) in [4.78, 5) is 12.3. The molecular weight excluding hydrogens is 402 g/mol. The van der Waals surface area contributed by atoms with Crippen LogP contribution in [0.3, 0.4) is 0 Å². The van der Waals surface area contributed by atoms with E-state index in [1.165, 1.54) is 13.2 Å². The number of ether oxygens (including phenoxy) is 1. The number of aryl methyl sites for hydroxylation is 1. The van der Waals surface area contributed by atoms with Gasteiger partial charge in [0.25, 0.3) is 15.9 Å². The quantitative estimate of drug-likeness (QED) is 0.534. The van der Waals surface area contributed by atoms with Gasteiger partial charge in [0.15, 0.2) is 0 Å². The van der Waals surface area contributed by atoms with Crippen LogP contribution >= 0.6 is 12.4 Å². The molecule has 2 aromatic carbocycles. The van der Waals surface area contributed by atoms with Gasteiger partial charge >= 0.3 is 0 Å². The molecule has 1 amide bonds. The topological polar surface area (TPSA) is 96.5 Å². The number of halogens is 1. The molecule has 7 nitrogen and oxygen atoms in total. The molecule has 0 spiro atoms. The average Bonchev–Trinajstić information content (AvgIpc) is 2.65. The summed E-state index contributed by atoms with van der Waals surface area (Å²) in [5, 5.41) is 5.79. The number of sulfonamides is 1. The van der Waals surface area contributed by atoms with E-state index in [2.05, 4.69) is 15.4 Å². The van der Waals surface area contributed by atoms with Crippen LogP contribution < -0.4 is 20.1 Å². The number of anilines is 1. The lowest BCUT2D eigenvalue weighted by atomic mass is 10.1. The Kier molecular flexibility index (Phi) is 9.24. The maximum Gasteiger partial charge on any atom is 0.262 e. The van der Waals surface area contributed by atoms with Gasteiger partial charge in [0.2, 0.25) is 0 Å². The molecule has 2 rings (SSSR count). The number of nitrogens with one attached hydrogen (secondary N) is 3. The van der Waals surface area contributed by atoms with Gasteiger partial charge in [-0.05, 0) is 68.9 Å². The molecular formula is C19H26ClN3O4S. The fourth-order valence-corrected chi connectivity index (χ4v) is 3.80. The minimum Gasteiger partial charge on any atom is -0.497 e. The van der Waals surface area contributed by atoms with Gasteiger partial charge in [-0.15, -0.1) is 12.4 Å². The lowest BCUT2D eigenvalue weighted by molar-refractivity contribution is 0.0953. The molecule has 0 aliphatic heterocycles. The van der Waals surface area contributed by atoms with E-state index in [0.717, 1.165) is 13.0 Å². The highest BCUT2D eigenvalue weighted by Crippen LogP contribution is 2.22. The normalized spacial score (nSPS) is 10.7. The first-order chi connectivity index (χ1) is 12.9. The average molecular weight is 428 g/mol. The SMILES string of the molecule is CNCCCNC(=O)c1ccc(C)c(S(=O)(=O)Nc2ccc(OC)cc2)c1.Cl. The summed E-state index contributed by atoms with van der Waals surface area (Å²) >= 11 is 0. The van der Waals surface area contributed by atoms with E-state index in [-0.39, 0.29) is 23.2 Å². The summed E-state index contributed by atoms with van der Waals surface area (Å²) in [6.45, 7) is 3.00. The van der Waals surface area contributed by atoms with Crippen molar-refractivity contribution >= 4 is 34.0 Å². The van der Waals surface area contributed by atoms with Crippen LogP contribution in [0.4, 0.5) is 5.69 Å². The smallest absolute Gasteiger partial charge is 0.262 e. The van der Waals surface area contributed by atoms with E-state index in [9.17, 15) is 13.2 Å². The molecule has 0 saturated heterocycles. The maximum atomic E-state index is 12.8. The van der Waals surface area contributed by atoms with Crippen molar-refractivity contribution in [3.8, 4) is 5.75 Å². The van der Waals surface area contributed by atoms with Crippen LogP contribution in [0.25, 0.3) is 0 Å². The molecule has 0 unspecified atom stereocenters.